The Balaban J connectivity index is 1.57. The molecule has 1 unspecified atom stereocenters. The third kappa shape index (κ3) is 4.42. The normalized spacial score (nSPS) is 14.3. The highest BCUT2D eigenvalue weighted by Crippen LogP contribution is 2.26. The number of aromatic nitrogens is 2. The summed E-state index contributed by atoms with van der Waals surface area (Å²) in [5.41, 5.74) is 3.36. The molecular weight excluding hydrogens is 328 g/mol. The number of hydrogen-bond donors (Lipinski definition) is 1. The molecule has 0 radical (unpaired) electrons. The number of nitrogens with zero attached hydrogens (tertiary/aromatic N) is 3. The van der Waals surface area contributed by atoms with Crippen LogP contribution in [0.15, 0.2) is 29.3 Å². The zero-order valence-corrected chi connectivity index (χ0v) is 15.9. The second kappa shape index (κ2) is 8.34. The van der Waals surface area contributed by atoms with Gasteiger partial charge in [0.1, 0.15) is 12.1 Å². The lowest BCUT2D eigenvalue weighted by Crippen LogP contribution is -2.35. The summed E-state index contributed by atoms with van der Waals surface area (Å²) < 4.78 is 5.03. The van der Waals surface area contributed by atoms with Gasteiger partial charge in [0.2, 0.25) is 5.91 Å². The molecule has 1 N–H and O–H groups in total. The van der Waals surface area contributed by atoms with Crippen molar-refractivity contribution in [1.82, 2.24) is 14.9 Å². The number of furan rings is 1. The van der Waals surface area contributed by atoms with E-state index in [1.165, 1.54) is 11.3 Å². The predicted molar refractivity (Wildman–Crippen MR) is 101 cm³/mol. The molecule has 26 heavy (non-hydrogen) atoms. The van der Waals surface area contributed by atoms with E-state index < -0.39 is 0 Å². The van der Waals surface area contributed by atoms with Crippen LogP contribution in [0.25, 0.3) is 0 Å². The van der Waals surface area contributed by atoms with Gasteiger partial charge in [0.05, 0.1) is 18.9 Å². The van der Waals surface area contributed by atoms with Gasteiger partial charge in [0.15, 0.2) is 0 Å². The Morgan fingerprint density at radius 3 is 2.92 bits per heavy atom. The molecule has 0 bridgehead atoms. The first kappa shape index (κ1) is 18.4. The molecule has 1 aliphatic rings. The lowest BCUT2D eigenvalue weighted by molar-refractivity contribution is -0.129. The summed E-state index contributed by atoms with van der Waals surface area (Å²) in [4.78, 5) is 23.0. The number of hydrogen-bond acceptors (Lipinski definition) is 5. The Labute approximate surface area is 155 Å². The lowest BCUT2D eigenvalue weighted by atomic mass is 10.00. The summed E-state index contributed by atoms with van der Waals surface area (Å²) in [7, 11) is 1.86. The predicted octanol–water partition coefficient (Wildman–Crippen LogP) is 3.09. The van der Waals surface area contributed by atoms with E-state index >= 15 is 0 Å². The van der Waals surface area contributed by atoms with E-state index in [-0.39, 0.29) is 11.9 Å². The molecular formula is C20H28N4O2. The number of anilines is 1. The molecule has 1 amide bonds. The van der Waals surface area contributed by atoms with Gasteiger partial charge in [-0.2, -0.15) is 0 Å². The topological polar surface area (TPSA) is 71.3 Å². The summed E-state index contributed by atoms with van der Waals surface area (Å²) in [5, 5.41) is 3.61. The molecule has 0 aliphatic heterocycles. The first-order chi connectivity index (χ1) is 12.5. The molecule has 0 saturated heterocycles. The largest absolute Gasteiger partial charge is 0.472 e. The van der Waals surface area contributed by atoms with Crippen molar-refractivity contribution in [3.05, 3.63) is 41.7 Å². The molecule has 2 heterocycles. The van der Waals surface area contributed by atoms with Gasteiger partial charge in [-0.1, -0.05) is 13.8 Å². The number of amides is 1. The summed E-state index contributed by atoms with van der Waals surface area (Å²) in [5.74, 6) is 1.52. The average molecular weight is 356 g/mol. The third-order valence-corrected chi connectivity index (χ3v) is 5.14. The maximum absolute atomic E-state index is 12.3. The highest BCUT2D eigenvalue weighted by Gasteiger charge is 2.21. The number of fused-ring (bicyclic) bond motifs is 1. The summed E-state index contributed by atoms with van der Waals surface area (Å²) in [6.45, 7) is 5.11. The van der Waals surface area contributed by atoms with Crippen LogP contribution in [-0.4, -0.2) is 40.4 Å². The second-order valence-electron chi connectivity index (χ2n) is 7.41. The summed E-state index contributed by atoms with van der Waals surface area (Å²) in [6.07, 6.45) is 9.39. The van der Waals surface area contributed by atoms with Crippen LogP contribution in [0.1, 0.15) is 43.5 Å². The van der Waals surface area contributed by atoms with Gasteiger partial charge in [-0.25, -0.2) is 9.97 Å². The highest BCUT2D eigenvalue weighted by atomic mass is 16.3. The maximum atomic E-state index is 12.3. The molecule has 2 aromatic rings. The van der Waals surface area contributed by atoms with Crippen molar-refractivity contribution in [2.75, 3.05) is 18.9 Å². The van der Waals surface area contributed by atoms with Crippen molar-refractivity contribution in [3.63, 3.8) is 0 Å². The van der Waals surface area contributed by atoms with Crippen molar-refractivity contribution in [3.8, 4) is 0 Å². The van der Waals surface area contributed by atoms with Gasteiger partial charge in [-0.15, -0.1) is 0 Å². The smallest absolute Gasteiger partial charge is 0.226 e. The van der Waals surface area contributed by atoms with Gasteiger partial charge in [0.25, 0.3) is 0 Å². The van der Waals surface area contributed by atoms with Crippen molar-refractivity contribution in [2.45, 2.75) is 52.0 Å². The van der Waals surface area contributed by atoms with Crippen LogP contribution in [-0.2, 0) is 24.1 Å². The number of aryl methyl sites for hydroxylation is 1. The first-order valence-corrected chi connectivity index (χ1v) is 9.39. The van der Waals surface area contributed by atoms with E-state index in [1.54, 1.807) is 23.8 Å². The van der Waals surface area contributed by atoms with Gasteiger partial charge in [-0.3, -0.25) is 4.79 Å². The molecule has 1 atom stereocenters. The molecule has 6 heteroatoms. The van der Waals surface area contributed by atoms with E-state index in [0.29, 0.717) is 18.9 Å². The van der Waals surface area contributed by atoms with Gasteiger partial charge in [-0.05, 0) is 43.2 Å². The molecule has 3 rings (SSSR count). The van der Waals surface area contributed by atoms with Crippen molar-refractivity contribution < 1.29 is 9.21 Å². The van der Waals surface area contributed by atoms with Crippen molar-refractivity contribution in [2.24, 2.45) is 5.92 Å². The Bertz CT molecular complexity index is 727. The second-order valence-corrected chi connectivity index (χ2v) is 7.41. The minimum Gasteiger partial charge on any atom is -0.472 e. The van der Waals surface area contributed by atoms with Crippen LogP contribution in [0.5, 0.6) is 0 Å². The number of carbonyl (C=O) groups is 1. The Morgan fingerprint density at radius 1 is 1.35 bits per heavy atom. The van der Waals surface area contributed by atoms with E-state index in [1.807, 2.05) is 13.1 Å². The number of nitrogens with one attached hydrogen (secondary N) is 1. The molecule has 1 aliphatic carbocycles. The molecule has 0 saturated carbocycles. The van der Waals surface area contributed by atoms with Gasteiger partial charge >= 0.3 is 0 Å². The standard InChI is InChI=1S/C20H28N4O2/c1-14(2)17(23-20-16-5-4-6-18(16)21-13-22-20)7-9-24(3)19(25)11-15-8-10-26-12-15/h8,10,12-14,17H,4-7,9,11H2,1-3H3,(H,21,22,23). The van der Waals surface area contributed by atoms with Crippen LogP contribution in [0.2, 0.25) is 0 Å². The Morgan fingerprint density at radius 2 is 2.19 bits per heavy atom. The van der Waals surface area contributed by atoms with Crippen LogP contribution in [0.3, 0.4) is 0 Å². The fourth-order valence-corrected chi connectivity index (χ4v) is 3.39. The average Bonchev–Trinajstić information content (AvgIpc) is 3.29. The number of carbonyl (C=O) groups excluding carboxylic acids is 1. The van der Waals surface area contributed by atoms with Crippen molar-refractivity contribution in [1.29, 1.82) is 0 Å². The maximum Gasteiger partial charge on any atom is 0.226 e. The van der Waals surface area contributed by atoms with Crippen LogP contribution >= 0.6 is 0 Å². The zero-order chi connectivity index (χ0) is 18.5. The Kier molecular flexibility index (Phi) is 5.91. The molecule has 2 aromatic heterocycles. The van der Waals surface area contributed by atoms with Crippen LogP contribution in [0, 0.1) is 5.92 Å². The summed E-state index contributed by atoms with van der Waals surface area (Å²) >= 11 is 0. The highest BCUT2D eigenvalue weighted by molar-refractivity contribution is 5.78. The van der Waals surface area contributed by atoms with Crippen LogP contribution < -0.4 is 5.32 Å². The minimum atomic E-state index is 0.108. The summed E-state index contributed by atoms with van der Waals surface area (Å²) in [6, 6.07) is 2.10. The van der Waals surface area contributed by atoms with Crippen molar-refractivity contribution >= 4 is 11.7 Å². The van der Waals surface area contributed by atoms with E-state index in [9.17, 15) is 4.79 Å². The van der Waals surface area contributed by atoms with Gasteiger partial charge < -0.3 is 14.6 Å². The molecule has 6 nitrogen and oxygen atoms in total. The van der Waals surface area contributed by atoms with Crippen LogP contribution in [0.4, 0.5) is 5.82 Å². The molecule has 0 aromatic carbocycles. The first-order valence-electron chi connectivity index (χ1n) is 9.39. The van der Waals surface area contributed by atoms with E-state index in [0.717, 1.165) is 37.1 Å². The fraction of sp³-hybridized carbons (Fsp3) is 0.550. The molecule has 0 spiro atoms. The van der Waals surface area contributed by atoms with Gasteiger partial charge in [0, 0.05) is 30.9 Å². The monoisotopic (exact) mass is 356 g/mol. The molecule has 140 valence electrons. The third-order valence-electron chi connectivity index (χ3n) is 5.14. The minimum absolute atomic E-state index is 0.108. The molecule has 0 fully saturated rings. The van der Waals surface area contributed by atoms with E-state index in [4.69, 9.17) is 4.42 Å². The quantitative estimate of drug-likeness (QED) is 0.787. The fourth-order valence-electron chi connectivity index (χ4n) is 3.39. The number of likely N-dealkylation sites (N-methyl/N-ethyl adjacent to an activating group) is 1. The van der Waals surface area contributed by atoms with E-state index in [2.05, 4.69) is 29.1 Å². The number of rotatable bonds is 8. The SMILES string of the molecule is CC(C)C(CCN(C)C(=O)Cc1ccoc1)Nc1ncnc2c1CCC2. The zero-order valence-electron chi connectivity index (χ0n) is 15.9. The lowest BCUT2D eigenvalue weighted by Gasteiger charge is -2.26. The Hall–Kier alpha value is -2.37.